The average molecular weight is 392 g/mol. The summed E-state index contributed by atoms with van der Waals surface area (Å²) in [5.41, 5.74) is 0.150. The maximum atomic E-state index is 14.6. The van der Waals surface area contributed by atoms with E-state index in [0.29, 0.717) is 5.70 Å². The quantitative estimate of drug-likeness (QED) is 0.606. The number of fused-ring (bicyclic) bond motifs is 1. The SMILES string of the molecule is CC1=C(CC(=O)O)C2=C(S(=O)(=O)c3cccc([N+](=O)[O-])c3)C(F)=CCC2=N1. The van der Waals surface area contributed by atoms with Crippen LogP contribution < -0.4 is 0 Å². The lowest BCUT2D eigenvalue weighted by Crippen LogP contribution is -2.18. The number of halogens is 1. The van der Waals surface area contributed by atoms with Gasteiger partial charge in [-0.3, -0.25) is 19.9 Å². The fraction of sp³-hybridized carbons (Fsp3) is 0.176. The summed E-state index contributed by atoms with van der Waals surface area (Å²) in [4.78, 5) is 24.4. The van der Waals surface area contributed by atoms with E-state index in [2.05, 4.69) is 4.99 Å². The molecule has 0 amide bonds. The zero-order chi connectivity index (χ0) is 19.9. The van der Waals surface area contributed by atoms with E-state index in [9.17, 15) is 27.7 Å². The number of hydrogen-bond donors (Lipinski definition) is 1. The molecule has 1 N–H and O–H groups in total. The number of hydrogen-bond acceptors (Lipinski definition) is 6. The van der Waals surface area contributed by atoms with Gasteiger partial charge in [-0.05, 0) is 24.6 Å². The molecule has 0 bridgehead atoms. The van der Waals surface area contributed by atoms with Gasteiger partial charge in [-0.25, -0.2) is 12.8 Å². The van der Waals surface area contributed by atoms with Gasteiger partial charge in [0.05, 0.1) is 22.0 Å². The minimum atomic E-state index is -4.49. The van der Waals surface area contributed by atoms with Crippen LogP contribution in [0.4, 0.5) is 10.1 Å². The number of rotatable bonds is 5. The summed E-state index contributed by atoms with van der Waals surface area (Å²) in [6.45, 7) is 1.52. The molecular formula is C17H13FN2O6S. The van der Waals surface area contributed by atoms with E-state index in [1.165, 1.54) is 13.0 Å². The number of nitrogens with zero attached hydrogens (tertiary/aromatic N) is 2. The van der Waals surface area contributed by atoms with Crippen LogP contribution in [-0.4, -0.2) is 30.1 Å². The third-order valence-electron chi connectivity index (χ3n) is 4.18. The van der Waals surface area contributed by atoms with Crippen LogP contribution in [0.15, 0.2) is 67.8 Å². The topological polar surface area (TPSA) is 127 Å². The summed E-state index contributed by atoms with van der Waals surface area (Å²) in [7, 11) is -4.49. The van der Waals surface area contributed by atoms with E-state index >= 15 is 0 Å². The van der Waals surface area contributed by atoms with E-state index < -0.39 is 48.5 Å². The van der Waals surface area contributed by atoms with Crippen molar-refractivity contribution in [3.8, 4) is 0 Å². The van der Waals surface area contributed by atoms with E-state index in [4.69, 9.17) is 5.11 Å². The molecule has 0 atom stereocenters. The van der Waals surface area contributed by atoms with Gasteiger partial charge >= 0.3 is 5.97 Å². The molecule has 140 valence electrons. The van der Waals surface area contributed by atoms with Crippen LogP contribution in [-0.2, 0) is 14.6 Å². The van der Waals surface area contributed by atoms with Gasteiger partial charge in [0.2, 0.25) is 9.84 Å². The third-order valence-corrected chi connectivity index (χ3v) is 5.99. The van der Waals surface area contributed by atoms with Gasteiger partial charge in [-0.2, -0.15) is 0 Å². The zero-order valence-corrected chi connectivity index (χ0v) is 14.8. The van der Waals surface area contributed by atoms with E-state index in [1.807, 2.05) is 0 Å². The molecule has 1 aromatic carbocycles. The van der Waals surface area contributed by atoms with Crippen molar-refractivity contribution in [3.63, 3.8) is 0 Å². The Hall–Kier alpha value is -3.14. The van der Waals surface area contributed by atoms with Crippen LogP contribution in [0.2, 0.25) is 0 Å². The molecule has 0 saturated carbocycles. The molecule has 0 fully saturated rings. The standard InChI is InChI=1S/C17H13FN2O6S/c1-9-12(8-15(21)22)16-14(19-9)6-5-13(18)17(16)27(25,26)11-4-2-3-10(7-11)20(23)24/h2-5,7H,6,8H2,1H3,(H,21,22). The molecule has 1 heterocycles. The molecule has 0 saturated heterocycles. The van der Waals surface area contributed by atoms with Gasteiger partial charge in [0.25, 0.3) is 5.69 Å². The predicted molar refractivity (Wildman–Crippen MR) is 93.5 cm³/mol. The lowest BCUT2D eigenvalue weighted by Gasteiger charge is -2.18. The van der Waals surface area contributed by atoms with E-state index in [1.54, 1.807) is 0 Å². The normalized spacial score (nSPS) is 16.8. The Kier molecular flexibility index (Phi) is 4.52. The lowest BCUT2D eigenvalue weighted by atomic mass is 9.94. The molecule has 0 spiro atoms. The van der Waals surface area contributed by atoms with Crippen molar-refractivity contribution in [1.82, 2.24) is 0 Å². The number of aliphatic imine (C=N–C) groups is 1. The number of nitro benzene ring substituents is 1. The molecule has 10 heteroatoms. The average Bonchev–Trinajstić information content (AvgIpc) is 2.90. The number of nitro groups is 1. The highest BCUT2D eigenvalue weighted by Gasteiger charge is 2.37. The highest BCUT2D eigenvalue weighted by Crippen LogP contribution is 2.41. The Balaban J connectivity index is 2.26. The summed E-state index contributed by atoms with van der Waals surface area (Å²) in [5.74, 6) is -2.25. The first kappa shape index (κ1) is 18.6. The Labute approximate surface area is 153 Å². The number of carboxylic acid groups (broad SMARTS) is 1. The smallest absolute Gasteiger partial charge is 0.307 e. The van der Waals surface area contributed by atoms with Crippen LogP contribution in [0.25, 0.3) is 0 Å². The van der Waals surface area contributed by atoms with Gasteiger partial charge in [0.1, 0.15) is 10.7 Å². The van der Waals surface area contributed by atoms with Crippen molar-refractivity contribution in [2.75, 3.05) is 0 Å². The predicted octanol–water partition coefficient (Wildman–Crippen LogP) is 3.08. The Morgan fingerprint density at radius 1 is 1.41 bits per heavy atom. The van der Waals surface area contributed by atoms with Crippen molar-refractivity contribution in [3.05, 3.63) is 68.0 Å². The summed E-state index contributed by atoms with van der Waals surface area (Å²) in [5, 5.41) is 20.1. The first-order valence-electron chi connectivity index (χ1n) is 7.72. The molecule has 8 nitrogen and oxygen atoms in total. The third kappa shape index (κ3) is 3.19. The van der Waals surface area contributed by atoms with E-state index in [0.717, 1.165) is 24.3 Å². The minimum Gasteiger partial charge on any atom is -0.481 e. The summed E-state index contributed by atoms with van der Waals surface area (Å²) in [6.07, 6.45) is 0.550. The summed E-state index contributed by atoms with van der Waals surface area (Å²) in [6, 6.07) is 4.26. The number of carboxylic acids is 1. The van der Waals surface area contributed by atoms with Gasteiger partial charge < -0.3 is 5.11 Å². The van der Waals surface area contributed by atoms with E-state index in [-0.39, 0.29) is 23.3 Å². The number of non-ortho nitro benzene ring substituents is 1. The van der Waals surface area contributed by atoms with Crippen LogP contribution in [0.5, 0.6) is 0 Å². The monoisotopic (exact) mass is 392 g/mol. The molecule has 27 heavy (non-hydrogen) atoms. The second-order valence-electron chi connectivity index (χ2n) is 5.91. The maximum absolute atomic E-state index is 14.6. The highest BCUT2D eigenvalue weighted by molar-refractivity contribution is 7.95. The van der Waals surface area contributed by atoms with Gasteiger partial charge in [0.15, 0.2) is 0 Å². The lowest BCUT2D eigenvalue weighted by molar-refractivity contribution is -0.385. The number of aliphatic carboxylic acids is 1. The van der Waals surface area contributed by atoms with Crippen molar-refractivity contribution in [2.24, 2.45) is 4.99 Å². The summed E-state index contributed by atoms with van der Waals surface area (Å²) < 4.78 is 40.8. The van der Waals surface area contributed by atoms with Crippen molar-refractivity contribution in [1.29, 1.82) is 0 Å². The zero-order valence-electron chi connectivity index (χ0n) is 14.0. The number of sulfone groups is 1. The van der Waals surface area contributed by atoms with Crippen molar-refractivity contribution in [2.45, 2.75) is 24.7 Å². The minimum absolute atomic E-state index is 0.0234. The maximum Gasteiger partial charge on any atom is 0.307 e. The fourth-order valence-electron chi connectivity index (χ4n) is 3.01. The molecule has 1 aliphatic heterocycles. The van der Waals surface area contributed by atoms with Crippen LogP contribution >= 0.6 is 0 Å². The number of benzene rings is 1. The Morgan fingerprint density at radius 2 is 2.11 bits per heavy atom. The van der Waals surface area contributed by atoms with Crippen LogP contribution in [0.1, 0.15) is 19.8 Å². The second-order valence-corrected chi connectivity index (χ2v) is 7.80. The number of allylic oxidation sites excluding steroid dienone is 4. The Bertz CT molecular complexity index is 1110. The first-order valence-corrected chi connectivity index (χ1v) is 9.21. The molecule has 1 aromatic rings. The largest absolute Gasteiger partial charge is 0.481 e. The molecular weight excluding hydrogens is 379 g/mol. The summed E-state index contributed by atoms with van der Waals surface area (Å²) >= 11 is 0. The van der Waals surface area contributed by atoms with Crippen LogP contribution in [0.3, 0.4) is 0 Å². The molecule has 3 rings (SSSR count). The van der Waals surface area contributed by atoms with Gasteiger partial charge in [0, 0.05) is 29.8 Å². The van der Waals surface area contributed by atoms with Crippen molar-refractivity contribution < 1.29 is 27.6 Å². The molecule has 0 unspecified atom stereocenters. The van der Waals surface area contributed by atoms with Gasteiger partial charge in [-0.15, -0.1) is 0 Å². The number of carbonyl (C=O) groups is 1. The Morgan fingerprint density at radius 3 is 2.74 bits per heavy atom. The van der Waals surface area contributed by atoms with Crippen LogP contribution in [0, 0.1) is 10.1 Å². The first-order chi connectivity index (χ1) is 12.6. The van der Waals surface area contributed by atoms with Crippen molar-refractivity contribution >= 4 is 27.2 Å². The molecule has 1 aliphatic carbocycles. The fourth-order valence-corrected chi connectivity index (χ4v) is 4.63. The molecule has 0 radical (unpaired) electrons. The van der Waals surface area contributed by atoms with Gasteiger partial charge in [-0.1, -0.05) is 6.07 Å². The molecule has 0 aromatic heterocycles. The highest BCUT2D eigenvalue weighted by atomic mass is 32.2. The molecule has 2 aliphatic rings. The second kappa shape index (κ2) is 6.54.